The van der Waals surface area contributed by atoms with Gasteiger partial charge < -0.3 is 10.2 Å². The summed E-state index contributed by atoms with van der Waals surface area (Å²) in [6.07, 6.45) is 5.79. The maximum Gasteiger partial charge on any atom is 0.269 e. The van der Waals surface area contributed by atoms with E-state index in [-0.39, 0.29) is 5.91 Å². The van der Waals surface area contributed by atoms with Gasteiger partial charge in [0.15, 0.2) is 0 Å². The zero-order chi connectivity index (χ0) is 17.9. The average molecular weight is 339 g/mol. The van der Waals surface area contributed by atoms with Gasteiger partial charge >= 0.3 is 0 Å². The number of hydrogen-bond donors (Lipinski definition) is 1. The molecule has 0 saturated carbocycles. The number of carbonyl (C=O) groups excluding carboxylic acids is 1. The molecule has 1 aromatic carbocycles. The van der Waals surface area contributed by atoms with Crippen molar-refractivity contribution in [1.29, 1.82) is 0 Å². The zero-order valence-electron chi connectivity index (χ0n) is 15.4. The predicted molar refractivity (Wildman–Crippen MR) is 104 cm³/mol. The van der Waals surface area contributed by atoms with Crippen LogP contribution < -0.4 is 10.2 Å². The van der Waals surface area contributed by atoms with E-state index < -0.39 is 0 Å². The molecule has 0 unspecified atom stereocenters. The molecular weight excluding hydrogens is 310 g/mol. The van der Waals surface area contributed by atoms with E-state index in [1.807, 2.05) is 30.3 Å². The maximum absolute atomic E-state index is 12.4. The topological polar surface area (TPSA) is 45.2 Å². The lowest BCUT2D eigenvalue weighted by molar-refractivity contribution is 0.0948. The summed E-state index contributed by atoms with van der Waals surface area (Å²) in [6, 6.07) is 14.2. The number of rotatable bonds is 10. The van der Waals surface area contributed by atoms with Gasteiger partial charge in [0.05, 0.1) is 0 Å². The van der Waals surface area contributed by atoms with Crippen molar-refractivity contribution in [2.75, 3.05) is 24.5 Å². The van der Waals surface area contributed by atoms with Crippen molar-refractivity contribution in [3.63, 3.8) is 0 Å². The number of benzene rings is 1. The van der Waals surface area contributed by atoms with Crippen LogP contribution >= 0.6 is 0 Å². The first-order valence-electron chi connectivity index (χ1n) is 9.27. The van der Waals surface area contributed by atoms with Crippen LogP contribution in [0.1, 0.15) is 49.2 Å². The second-order valence-electron chi connectivity index (χ2n) is 6.23. The fourth-order valence-corrected chi connectivity index (χ4v) is 2.88. The van der Waals surface area contributed by atoms with E-state index >= 15 is 0 Å². The molecule has 2 rings (SSSR count). The summed E-state index contributed by atoms with van der Waals surface area (Å²) in [5, 5.41) is 2.98. The summed E-state index contributed by atoms with van der Waals surface area (Å²) in [4.78, 5) is 18.9. The van der Waals surface area contributed by atoms with Crippen LogP contribution in [0, 0.1) is 0 Å². The molecule has 4 heteroatoms. The summed E-state index contributed by atoms with van der Waals surface area (Å²) in [7, 11) is 0. The standard InChI is InChI=1S/C21H29N3O/c1-3-15-24(16-4-2)19-12-14-22-20(17-19)21(25)23-13-8-11-18-9-6-5-7-10-18/h5-7,9-10,12,14,17H,3-4,8,11,13,15-16H2,1-2H3,(H,23,25). The Morgan fingerprint density at radius 3 is 2.48 bits per heavy atom. The summed E-state index contributed by atoms with van der Waals surface area (Å²) in [5.74, 6) is -0.0946. The van der Waals surface area contributed by atoms with Crippen molar-refractivity contribution in [2.24, 2.45) is 0 Å². The van der Waals surface area contributed by atoms with Crippen molar-refractivity contribution in [3.05, 3.63) is 59.9 Å². The Labute approximate surface area is 151 Å². The van der Waals surface area contributed by atoms with E-state index in [0.717, 1.165) is 44.5 Å². The van der Waals surface area contributed by atoms with Gasteiger partial charge in [0, 0.05) is 31.5 Å². The van der Waals surface area contributed by atoms with E-state index in [1.54, 1.807) is 6.20 Å². The van der Waals surface area contributed by atoms with Gasteiger partial charge in [-0.2, -0.15) is 0 Å². The monoisotopic (exact) mass is 339 g/mol. The van der Waals surface area contributed by atoms with Gasteiger partial charge in [-0.25, -0.2) is 0 Å². The number of hydrogen-bond acceptors (Lipinski definition) is 3. The van der Waals surface area contributed by atoms with E-state index in [1.165, 1.54) is 5.56 Å². The Morgan fingerprint density at radius 1 is 1.08 bits per heavy atom. The van der Waals surface area contributed by atoms with Crippen LogP contribution in [0.3, 0.4) is 0 Å². The number of nitrogens with zero attached hydrogens (tertiary/aromatic N) is 2. The number of pyridine rings is 1. The van der Waals surface area contributed by atoms with Crippen LogP contribution in [0.2, 0.25) is 0 Å². The van der Waals surface area contributed by atoms with Crippen LogP contribution in [-0.4, -0.2) is 30.5 Å². The van der Waals surface area contributed by atoms with Gasteiger partial charge in [0.25, 0.3) is 5.91 Å². The molecule has 2 aromatic rings. The molecule has 4 nitrogen and oxygen atoms in total. The molecule has 0 atom stereocenters. The molecule has 0 aliphatic carbocycles. The molecule has 134 valence electrons. The van der Waals surface area contributed by atoms with Crippen molar-refractivity contribution < 1.29 is 4.79 Å². The highest BCUT2D eigenvalue weighted by Crippen LogP contribution is 2.15. The van der Waals surface area contributed by atoms with Crippen molar-refractivity contribution in [3.8, 4) is 0 Å². The number of aryl methyl sites for hydroxylation is 1. The van der Waals surface area contributed by atoms with E-state index in [0.29, 0.717) is 12.2 Å². The minimum atomic E-state index is -0.0946. The summed E-state index contributed by atoms with van der Waals surface area (Å²) in [5.41, 5.74) is 2.87. The van der Waals surface area contributed by atoms with E-state index in [2.05, 4.69) is 41.2 Å². The largest absolute Gasteiger partial charge is 0.371 e. The van der Waals surface area contributed by atoms with Gasteiger partial charge in [0.2, 0.25) is 0 Å². The van der Waals surface area contributed by atoms with Crippen molar-refractivity contribution >= 4 is 11.6 Å². The molecule has 0 radical (unpaired) electrons. The van der Waals surface area contributed by atoms with Crippen LogP contribution in [-0.2, 0) is 6.42 Å². The lowest BCUT2D eigenvalue weighted by atomic mass is 10.1. The molecular formula is C21H29N3O. The Kier molecular flexibility index (Phi) is 7.96. The minimum absolute atomic E-state index is 0.0946. The van der Waals surface area contributed by atoms with Crippen molar-refractivity contribution in [1.82, 2.24) is 10.3 Å². The SMILES string of the molecule is CCCN(CCC)c1ccnc(C(=O)NCCCc2ccccc2)c1. The van der Waals surface area contributed by atoms with Gasteiger partial charge in [-0.15, -0.1) is 0 Å². The Hall–Kier alpha value is -2.36. The number of carbonyl (C=O) groups is 1. The third-order valence-corrected chi connectivity index (χ3v) is 4.10. The third-order valence-electron chi connectivity index (χ3n) is 4.10. The predicted octanol–water partition coefficient (Wildman–Crippen LogP) is 4.07. The number of aromatic nitrogens is 1. The molecule has 0 saturated heterocycles. The molecule has 0 aliphatic heterocycles. The molecule has 25 heavy (non-hydrogen) atoms. The Balaban J connectivity index is 1.87. The van der Waals surface area contributed by atoms with Crippen LogP contribution in [0.4, 0.5) is 5.69 Å². The molecule has 1 N–H and O–H groups in total. The highest BCUT2D eigenvalue weighted by atomic mass is 16.1. The summed E-state index contributed by atoms with van der Waals surface area (Å²) < 4.78 is 0. The molecule has 0 aliphatic rings. The summed E-state index contributed by atoms with van der Waals surface area (Å²) >= 11 is 0. The number of nitrogens with one attached hydrogen (secondary N) is 1. The van der Waals surface area contributed by atoms with Crippen LogP contribution in [0.25, 0.3) is 0 Å². The molecule has 1 heterocycles. The zero-order valence-corrected chi connectivity index (χ0v) is 15.4. The first-order chi connectivity index (χ1) is 12.2. The normalized spacial score (nSPS) is 10.5. The first-order valence-corrected chi connectivity index (χ1v) is 9.27. The molecule has 0 fully saturated rings. The summed E-state index contributed by atoms with van der Waals surface area (Å²) in [6.45, 7) is 6.99. The molecule has 0 spiro atoms. The number of amides is 1. The average Bonchev–Trinajstić information content (AvgIpc) is 2.66. The van der Waals surface area contributed by atoms with Gasteiger partial charge in [0.1, 0.15) is 5.69 Å². The first kappa shape index (κ1) is 19.0. The quantitative estimate of drug-likeness (QED) is 0.664. The van der Waals surface area contributed by atoms with Gasteiger partial charge in [-0.1, -0.05) is 44.2 Å². The van der Waals surface area contributed by atoms with Gasteiger partial charge in [-0.05, 0) is 43.4 Å². The third kappa shape index (κ3) is 6.22. The lowest BCUT2D eigenvalue weighted by Crippen LogP contribution is -2.28. The van der Waals surface area contributed by atoms with Crippen LogP contribution in [0.5, 0.6) is 0 Å². The maximum atomic E-state index is 12.4. The minimum Gasteiger partial charge on any atom is -0.371 e. The molecule has 1 amide bonds. The highest BCUT2D eigenvalue weighted by Gasteiger charge is 2.10. The second kappa shape index (κ2) is 10.5. The van der Waals surface area contributed by atoms with E-state index in [9.17, 15) is 4.79 Å². The number of anilines is 1. The Bertz CT molecular complexity index is 637. The Morgan fingerprint density at radius 2 is 1.80 bits per heavy atom. The van der Waals surface area contributed by atoms with Gasteiger partial charge in [-0.3, -0.25) is 9.78 Å². The smallest absolute Gasteiger partial charge is 0.269 e. The van der Waals surface area contributed by atoms with Crippen molar-refractivity contribution in [2.45, 2.75) is 39.5 Å². The fraction of sp³-hybridized carbons (Fsp3) is 0.429. The second-order valence-corrected chi connectivity index (χ2v) is 6.23. The molecule has 1 aromatic heterocycles. The van der Waals surface area contributed by atoms with E-state index in [4.69, 9.17) is 0 Å². The van der Waals surface area contributed by atoms with Crippen LogP contribution in [0.15, 0.2) is 48.7 Å². The molecule has 0 bridgehead atoms. The fourth-order valence-electron chi connectivity index (χ4n) is 2.88. The highest BCUT2D eigenvalue weighted by molar-refractivity contribution is 5.93. The lowest BCUT2D eigenvalue weighted by Gasteiger charge is -2.23.